The second kappa shape index (κ2) is 7.67. The molecule has 0 fully saturated rings. The van der Waals surface area contributed by atoms with E-state index in [0.717, 1.165) is 24.0 Å². The zero-order valence-electron chi connectivity index (χ0n) is 10.3. The summed E-state index contributed by atoms with van der Waals surface area (Å²) in [5.74, 6) is -0.0298. The van der Waals surface area contributed by atoms with E-state index < -0.39 is 0 Å². The SMILES string of the molecule is CCCCNCC(C)Oc1cc(Br)ccc1F. The summed E-state index contributed by atoms with van der Waals surface area (Å²) < 4.78 is 19.8. The van der Waals surface area contributed by atoms with Gasteiger partial charge in [0.25, 0.3) is 0 Å². The van der Waals surface area contributed by atoms with Gasteiger partial charge in [0, 0.05) is 11.0 Å². The van der Waals surface area contributed by atoms with Gasteiger partial charge in [0.2, 0.25) is 0 Å². The van der Waals surface area contributed by atoms with Crippen molar-refractivity contribution in [2.75, 3.05) is 13.1 Å². The monoisotopic (exact) mass is 303 g/mol. The topological polar surface area (TPSA) is 21.3 Å². The quantitative estimate of drug-likeness (QED) is 0.775. The van der Waals surface area contributed by atoms with Gasteiger partial charge >= 0.3 is 0 Å². The first-order valence-electron chi connectivity index (χ1n) is 5.96. The molecular weight excluding hydrogens is 285 g/mol. The van der Waals surface area contributed by atoms with Crippen LogP contribution in [-0.4, -0.2) is 19.2 Å². The van der Waals surface area contributed by atoms with Crippen LogP contribution in [0.2, 0.25) is 0 Å². The van der Waals surface area contributed by atoms with E-state index in [1.165, 1.54) is 12.5 Å². The maximum Gasteiger partial charge on any atom is 0.165 e. The summed E-state index contributed by atoms with van der Waals surface area (Å²) in [5.41, 5.74) is 0. The molecule has 0 radical (unpaired) electrons. The highest BCUT2D eigenvalue weighted by molar-refractivity contribution is 9.10. The molecule has 4 heteroatoms. The molecule has 2 nitrogen and oxygen atoms in total. The van der Waals surface area contributed by atoms with Crippen LogP contribution in [-0.2, 0) is 0 Å². The molecule has 1 unspecified atom stereocenters. The van der Waals surface area contributed by atoms with Gasteiger partial charge in [-0.1, -0.05) is 29.3 Å². The van der Waals surface area contributed by atoms with Gasteiger partial charge in [-0.15, -0.1) is 0 Å². The average molecular weight is 304 g/mol. The molecule has 0 aliphatic heterocycles. The minimum atomic E-state index is -0.325. The third-order valence-corrected chi connectivity index (χ3v) is 2.85. The van der Waals surface area contributed by atoms with Gasteiger partial charge in [-0.3, -0.25) is 0 Å². The van der Waals surface area contributed by atoms with Crippen molar-refractivity contribution in [3.63, 3.8) is 0 Å². The molecule has 1 N–H and O–H groups in total. The number of benzene rings is 1. The summed E-state index contributed by atoms with van der Waals surface area (Å²) in [6.45, 7) is 5.79. The minimum absolute atomic E-state index is 0.0457. The van der Waals surface area contributed by atoms with Crippen LogP contribution >= 0.6 is 15.9 Å². The molecule has 1 rings (SSSR count). The number of nitrogens with one attached hydrogen (secondary N) is 1. The van der Waals surface area contributed by atoms with Crippen LogP contribution in [0.25, 0.3) is 0 Å². The zero-order valence-corrected chi connectivity index (χ0v) is 11.9. The van der Waals surface area contributed by atoms with E-state index in [2.05, 4.69) is 28.2 Å². The Labute approximate surface area is 111 Å². The Morgan fingerprint density at radius 3 is 2.94 bits per heavy atom. The van der Waals surface area contributed by atoms with Crippen molar-refractivity contribution in [1.29, 1.82) is 0 Å². The summed E-state index contributed by atoms with van der Waals surface area (Å²) in [7, 11) is 0. The Bertz CT molecular complexity index is 346. The van der Waals surface area contributed by atoms with Crippen molar-refractivity contribution < 1.29 is 9.13 Å². The molecule has 0 saturated heterocycles. The first kappa shape index (κ1) is 14.5. The molecule has 96 valence electrons. The Kier molecular flexibility index (Phi) is 6.52. The fraction of sp³-hybridized carbons (Fsp3) is 0.538. The minimum Gasteiger partial charge on any atom is -0.486 e. The Morgan fingerprint density at radius 1 is 1.47 bits per heavy atom. The summed E-state index contributed by atoms with van der Waals surface area (Å²) in [4.78, 5) is 0. The highest BCUT2D eigenvalue weighted by atomic mass is 79.9. The molecule has 0 saturated carbocycles. The standard InChI is InChI=1S/C13H19BrFNO/c1-3-4-7-16-9-10(2)17-13-8-11(14)5-6-12(13)15/h5-6,8,10,16H,3-4,7,9H2,1-2H3. The molecular formula is C13H19BrFNO. The number of rotatable bonds is 7. The number of halogens is 2. The lowest BCUT2D eigenvalue weighted by atomic mass is 10.3. The molecule has 0 spiro atoms. The van der Waals surface area contributed by atoms with Crippen molar-refractivity contribution in [3.8, 4) is 5.75 Å². The van der Waals surface area contributed by atoms with Gasteiger partial charge in [-0.25, -0.2) is 4.39 Å². The maximum absolute atomic E-state index is 13.4. The van der Waals surface area contributed by atoms with E-state index >= 15 is 0 Å². The van der Waals surface area contributed by atoms with Crippen LogP contribution in [0.5, 0.6) is 5.75 Å². The molecule has 1 aromatic rings. The predicted molar refractivity (Wildman–Crippen MR) is 72.0 cm³/mol. The van der Waals surface area contributed by atoms with E-state index in [1.807, 2.05) is 6.92 Å². The number of unbranched alkanes of at least 4 members (excludes halogenated alkanes) is 1. The molecule has 0 aliphatic carbocycles. The van der Waals surface area contributed by atoms with Gasteiger partial charge in [0.1, 0.15) is 6.10 Å². The van der Waals surface area contributed by atoms with Gasteiger partial charge in [-0.05, 0) is 38.1 Å². The maximum atomic E-state index is 13.4. The zero-order chi connectivity index (χ0) is 12.7. The third-order valence-electron chi connectivity index (χ3n) is 2.36. The van der Waals surface area contributed by atoms with Crippen molar-refractivity contribution in [3.05, 3.63) is 28.5 Å². The van der Waals surface area contributed by atoms with Crippen molar-refractivity contribution in [2.45, 2.75) is 32.8 Å². The van der Waals surface area contributed by atoms with E-state index in [0.29, 0.717) is 5.75 Å². The largest absolute Gasteiger partial charge is 0.486 e. The summed E-state index contributed by atoms with van der Waals surface area (Å²) in [5, 5.41) is 3.28. The molecule has 1 aromatic carbocycles. The third kappa shape index (κ3) is 5.50. The fourth-order valence-corrected chi connectivity index (χ4v) is 1.77. The van der Waals surface area contributed by atoms with Crippen LogP contribution in [0, 0.1) is 5.82 Å². The smallest absolute Gasteiger partial charge is 0.165 e. The van der Waals surface area contributed by atoms with Crippen LogP contribution in [0.3, 0.4) is 0 Å². The Balaban J connectivity index is 2.39. The predicted octanol–water partition coefficient (Wildman–Crippen LogP) is 3.75. The lowest BCUT2D eigenvalue weighted by molar-refractivity contribution is 0.207. The fourth-order valence-electron chi connectivity index (χ4n) is 1.43. The second-order valence-corrected chi connectivity index (χ2v) is 4.98. The van der Waals surface area contributed by atoms with Gasteiger partial charge in [-0.2, -0.15) is 0 Å². The summed E-state index contributed by atoms with van der Waals surface area (Å²) >= 11 is 3.30. The van der Waals surface area contributed by atoms with Crippen molar-refractivity contribution in [2.24, 2.45) is 0 Å². The van der Waals surface area contributed by atoms with E-state index in [-0.39, 0.29) is 11.9 Å². The highest BCUT2D eigenvalue weighted by Gasteiger charge is 2.08. The number of hydrogen-bond donors (Lipinski definition) is 1. The van der Waals surface area contributed by atoms with Crippen LogP contribution in [0.1, 0.15) is 26.7 Å². The number of ether oxygens (including phenoxy) is 1. The normalized spacial score (nSPS) is 12.5. The average Bonchev–Trinajstić information content (AvgIpc) is 2.29. The van der Waals surface area contributed by atoms with Crippen LogP contribution in [0.15, 0.2) is 22.7 Å². The second-order valence-electron chi connectivity index (χ2n) is 4.06. The lowest BCUT2D eigenvalue weighted by Gasteiger charge is -2.16. The van der Waals surface area contributed by atoms with Gasteiger partial charge < -0.3 is 10.1 Å². The molecule has 0 bridgehead atoms. The Hall–Kier alpha value is -0.610. The van der Waals surface area contributed by atoms with Crippen LogP contribution < -0.4 is 10.1 Å². The molecule has 0 amide bonds. The molecule has 0 aromatic heterocycles. The highest BCUT2D eigenvalue weighted by Crippen LogP contribution is 2.23. The van der Waals surface area contributed by atoms with Crippen molar-refractivity contribution in [1.82, 2.24) is 5.32 Å². The Morgan fingerprint density at radius 2 is 2.24 bits per heavy atom. The van der Waals surface area contributed by atoms with E-state index in [4.69, 9.17) is 4.74 Å². The summed E-state index contributed by atoms with van der Waals surface area (Å²) in [6.07, 6.45) is 2.27. The summed E-state index contributed by atoms with van der Waals surface area (Å²) in [6, 6.07) is 4.71. The van der Waals surface area contributed by atoms with Gasteiger partial charge in [0.15, 0.2) is 11.6 Å². The lowest BCUT2D eigenvalue weighted by Crippen LogP contribution is -2.29. The molecule has 0 heterocycles. The van der Waals surface area contributed by atoms with Crippen LogP contribution in [0.4, 0.5) is 4.39 Å². The first-order valence-corrected chi connectivity index (χ1v) is 6.75. The molecule has 0 aliphatic rings. The molecule has 1 atom stereocenters. The number of hydrogen-bond acceptors (Lipinski definition) is 2. The van der Waals surface area contributed by atoms with E-state index in [9.17, 15) is 4.39 Å². The first-order chi connectivity index (χ1) is 8.13. The van der Waals surface area contributed by atoms with E-state index in [1.54, 1.807) is 12.1 Å². The van der Waals surface area contributed by atoms with Crippen molar-refractivity contribution >= 4 is 15.9 Å². The van der Waals surface area contributed by atoms with Gasteiger partial charge in [0.05, 0.1) is 0 Å². The molecule has 17 heavy (non-hydrogen) atoms.